The van der Waals surface area contributed by atoms with Gasteiger partial charge in [-0.3, -0.25) is 9.69 Å². The van der Waals surface area contributed by atoms with Crippen LogP contribution in [0.3, 0.4) is 0 Å². The summed E-state index contributed by atoms with van der Waals surface area (Å²) in [5.41, 5.74) is 2.58. The number of amides is 1. The summed E-state index contributed by atoms with van der Waals surface area (Å²) in [6.07, 6.45) is 8.65. The van der Waals surface area contributed by atoms with Crippen LogP contribution in [0.25, 0.3) is 11.1 Å². The van der Waals surface area contributed by atoms with Crippen LogP contribution in [0.1, 0.15) is 43.0 Å². The average molecular weight is 437 g/mol. The zero-order chi connectivity index (χ0) is 22.2. The third kappa shape index (κ3) is 6.04. The van der Waals surface area contributed by atoms with E-state index in [4.69, 9.17) is 0 Å². The fourth-order valence-electron chi connectivity index (χ4n) is 4.55. The fourth-order valence-corrected chi connectivity index (χ4v) is 4.55. The lowest BCUT2D eigenvalue weighted by Crippen LogP contribution is -2.48. The summed E-state index contributed by atoms with van der Waals surface area (Å²) in [5, 5.41) is 3.08. The minimum Gasteiger partial charge on any atom is -0.351 e. The first-order valence-corrected chi connectivity index (χ1v) is 12.1. The monoisotopic (exact) mass is 436 g/mol. The molecule has 2 aromatic rings. The third-order valence-electron chi connectivity index (χ3n) is 6.45. The number of piperidine rings is 1. The first-order chi connectivity index (χ1) is 15.7. The van der Waals surface area contributed by atoms with Crippen molar-refractivity contribution in [3.8, 4) is 11.1 Å². The number of carbonyl (C=O) groups is 1. The van der Waals surface area contributed by atoms with Gasteiger partial charge in [-0.1, -0.05) is 19.1 Å². The van der Waals surface area contributed by atoms with Crippen molar-refractivity contribution >= 4 is 11.9 Å². The molecule has 1 N–H and O–H groups in total. The van der Waals surface area contributed by atoms with E-state index in [1.54, 1.807) is 0 Å². The van der Waals surface area contributed by atoms with Crippen molar-refractivity contribution < 1.29 is 4.79 Å². The molecule has 2 aliphatic rings. The maximum Gasteiger partial charge on any atom is 0.251 e. The van der Waals surface area contributed by atoms with Crippen LogP contribution in [0, 0.1) is 0 Å². The molecule has 1 amide bonds. The molecule has 0 aliphatic carbocycles. The maximum atomic E-state index is 12.7. The van der Waals surface area contributed by atoms with Gasteiger partial charge in [0, 0.05) is 75.9 Å². The van der Waals surface area contributed by atoms with Gasteiger partial charge in [-0.2, -0.15) is 0 Å². The van der Waals surface area contributed by atoms with Crippen molar-refractivity contribution in [2.45, 2.75) is 32.6 Å². The highest BCUT2D eigenvalue weighted by Crippen LogP contribution is 2.21. The van der Waals surface area contributed by atoms with E-state index in [1.807, 2.05) is 36.7 Å². The van der Waals surface area contributed by atoms with E-state index in [0.29, 0.717) is 12.1 Å². The molecule has 172 valence electrons. The summed E-state index contributed by atoms with van der Waals surface area (Å²) < 4.78 is 0. The molecule has 0 bridgehead atoms. The predicted molar refractivity (Wildman–Crippen MR) is 129 cm³/mol. The van der Waals surface area contributed by atoms with E-state index in [0.717, 1.165) is 62.9 Å². The van der Waals surface area contributed by atoms with E-state index < -0.39 is 0 Å². The molecule has 7 heteroatoms. The largest absolute Gasteiger partial charge is 0.351 e. The smallest absolute Gasteiger partial charge is 0.251 e. The average Bonchev–Trinajstić information content (AvgIpc) is 2.86. The highest BCUT2D eigenvalue weighted by molar-refractivity contribution is 5.95. The number of nitrogens with zero attached hydrogens (tertiary/aromatic N) is 5. The van der Waals surface area contributed by atoms with Crippen LogP contribution in [0.4, 0.5) is 5.95 Å². The van der Waals surface area contributed by atoms with Crippen LogP contribution >= 0.6 is 0 Å². The molecule has 4 rings (SSSR count). The van der Waals surface area contributed by atoms with Gasteiger partial charge in [0.15, 0.2) is 0 Å². The van der Waals surface area contributed by atoms with E-state index in [9.17, 15) is 4.79 Å². The summed E-state index contributed by atoms with van der Waals surface area (Å²) in [6.45, 7) is 11.5. The predicted octanol–water partition coefficient (Wildman–Crippen LogP) is 2.89. The lowest BCUT2D eigenvalue weighted by atomic mass is 10.1. The number of piperazine rings is 1. The van der Waals surface area contributed by atoms with E-state index >= 15 is 0 Å². The number of hydrogen-bond donors (Lipinski definition) is 1. The van der Waals surface area contributed by atoms with Gasteiger partial charge in [-0.25, -0.2) is 9.97 Å². The minimum absolute atomic E-state index is 0.0256. The number of aromatic nitrogens is 2. The Kier molecular flexibility index (Phi) is 8.07. The van der Waals surface area contributed by atoms with Crippen molar-refractivity contribution in [2.75, 3.05) is 63.8 Å². The molecule has 7 nitrogen and oxygen atoms in total. The Hall–Kier alpha value is -2.51. The number of nitrogens with one attached hydrogen (secondary N) is 1. The fraction of sp³-hybridized carbons (Fsp3) is 0.560. The molecule has 0 atom stereocenters. The van der Waals surface area contributed by atoms with Gasteiger partial charge in [0.25, 0.3) is 5.91 Å². The second-order valence-corrected chi connectivity index (χ2v) is 8.84. The molecule has 0 unspecified atom stereocenters. The Morgan fingerprint density at radius 2 is 1.59 bits per heavy atom. The van der Waals surface area contributed by atoms with E-state index in [2.05, 4.69) is 36.9 Å². The zero-order valence-corrected chi connectivity index (χ0v) is 19.3. The van der Waals surface area contributed by atoms with Crippen LogP contribution in [0.2, 0.25) is 0 Å². The Labute approximate surface area is 191 Å². The van der Waals surface area contributed by atoms with E-state index in [-0.39, 0.29) is 5.91 Å². The molecule has 3 heterocycles. The molecule has 2 saturated heterocycles. The van der Waals surface area contributed by atoms with Gasteiger partial charge in [-0.15, -0.1) is 0 Å². The summed E-state index contributed by atoms with van der Waals surface area (Å²) in [4.78, 5) is 29.0. The van der Waals surface area contributed by atoms with Gasteiger partial charge in [0.1, 0.15) is 0 Å². The molecule has 2 aliphatic heterocycles. The standard InChI is InChI=1S/C25H36N6O/c1-2-10-29-14-16-30(17-15-29)13-9-26-24(32)22-8-6-7-21(18-22)23-19-27-25(28-20-23)31-11-4-3-5-12-31/h6-8,18-20H,2-5,9-17H2,1H3,(H,26,32). The Balaban J connectivity index is 1.28. The van der Waals surface area contributed by atoms with Crippen molar-refractivity contribution in [1.29, 1.82) is 0 Å². The van der Waals surface area contributed by atoms with Crippen LogP contribution in [-0.4, -0.2) is 84.6 Å². The number of hydrogen-bond acceptors (Lipinski definition) is 6. The third-order valence-corrected chi connectivity index (χ3v) is 6.45. The molecule has 2 fully saturated rings. The summed E-state index contributed by atoms with van der Waals surface area (Å²) in [6, 6.07) is 7.73. The second-order valence-electron chi connectivity index (χ2n) is 8.84. The van der Waals surface area contributed by atoms with Gasteiger partial charge >= 0.3 is 0 Å². The number of benzene rings is 1. The SMILES string of the molecule is CCCN1CCN(CCNC(=O)c2cccc(-c3cnc(N4CCCCC4)nc3)c2)CC1. The molecular weight excluding hydrogens is 400 g/mol. The van der Waals surface area contributed by atoms with Gasteiger partial charge < -0.3 is 15.1 Å². The van der Waals surface area contributed by atoms with Crippen LogP contribution in [0.5, 0.6) is 0 Å². The van der Waals surface area contributed by atoms with Crippen LogP contribution < -0.4 is 10.2 Å². The Bertz CT molecular complexity index is 857. The Morgan fingerprint density at radius 3 is 2.28 bits per heavy atom. The van der Waals surface area contributed by atoms with Gasteiger partial charge in [-0.05, 0) is 49.9 Å². The molecule has 0 saturated carbocycles. The lowest BCUT2D eigenvalue weighted by molar-refractivity contribution is 0.0936. The molecule has 0 radical (unpaired) electrons. The number of anilines is 1. The van der Waals surface area contributed by atoms with Crippen LogP contribution in [-0.2, 0) is 0 Å². The molecule has 1 aromatic carbocycles. The van der Waals surface area contributed by atoms with Crippen molar-refractivity contribution in [3.63, 3.8) is 0 Å². The highest BCUT2D eigenvalue weighted by atomic mass is 16.1. The zero-order valence-electron chi connectivity index (χ0n) is 19.3. The first-order valence-electron chi connectivity index (χ1n) is 12.1. The highest BCUT2D eigenvalue weighted by Gasteiger charge is 2.16. The lowest BCUT2D eigenvalue weighted by Gasteiger charge is -2.34. The molecule has 1 aromatic heterocycles. The number of carbonyl (C=O) groups excluding carboxylic acids is 1. The summed E-state index contributed by atoms with van der Waals surface area (Å²) >= 11 is 0. The summed E-state index contributed by atoms with van der Waals surface area (Å²) in [7, 11) is 0. The van der Waals surface area contributed by atoms with Crippen molar-refractivity contribution in [3.05, 3.63) is 42.2 Å². The normalized spacial score (nSPS) is 18.0. The van der Waals surface area contributed by atoms with Crippen LogP contribution in [0.15, 0.2) is 36.7 Å². The van der Waals surface area contributed by atoms with E-state index in [1.165, 1.54) is 32.2 Å². The van der Waals surface area contributed by atoms with Gasteiger partial charge in [0.2, 0.25) is 5.95 Å². The minimum atomic E-state index is -0.0256. The maximum absolute atomic E-state index is 12.7. The quantitative estimate of drug-likeness (QED) is 0.687. The molecular formula is C25H36N6O. The van der Waals surface area contributed by atoms with Crippen molar-refractivity contribution in [2.24, 2.45) is 0 Å². The van der Waals surface area contributed by atoms with Crippen molar-refractivity contribution in [1.82, 2.24) is 25.1 Å². The molecule has 0 spiro atoms. The topological polar surface area (TPSA) is 64.6 Å². The Morgan fingerprint density at radius 1 is 0.906 bits per heavy atom. The number of rotatable bonds is 8. The molecule has 32 heavy (non-hydrogen) atoms. The second kappa shape index (κ2) is 11.4. The first kappa shape index (κ1) is 22.7. The summed E-state index contributed by atoms with van der Waals surface area (Å²) in [5.74, 6) is 0.778. The van der Waals surface area contributed by atoms with Gasteiger partial charge in [0.05, 0.1) is 0 Å².